The van der Waals surface area contributed by atoms with E-state index in [1.54, 1.807) is 0 Å². The van der Waals surface area contributed by atoms with Gasteiger partial charge in [-0.2, -0.15) is 0 Å². The molecule has 1 atom stereocenters. The van der Waals surface area contributed by atoms with Crippen LogP contribution in [0.4, 0.5) is 5.82 Å². The minimum absolute atomic E-state index is 0.0649. The molecule has 0 aliphatic carbocycles. The molecule has 0 saturated carbocycles. The van der Waals surface area contributed by atoms with Crippen molar-refractivity contribution in [1.82, 2.24) is 9.88 Å². The average molecular weight is 277 g/mol. The van der Waals surface area contributed by atoms with E-state index in [9.17, 15) is 4.79 Å². The average Bonchev–Trinajstić information content (AvgIpc) is 2.86. The largest absolute Gasteiger partial charge is 0.396 e. The van der Waals surface area contributed by atoms with E-state index in [2.05, 4.69) is 10.3 Å². The van der Waals surface area contributed by atoms with Crippen molar-refractivity contribution in [3.8, 4) is 0 Å². The molecule has 0 radical (unpaired) electrons. The van der Waals surface area contributed by atoms with Gasteiger partial charge in [0.1, 0.15) is 5.82 Å². The number of hydrogen-bond acceptors (Lipinski definition) is 4. The molecule has 5 nitrogen and oxygen atoms in total. The second-order valence-electron chi connectivity index (χ2n) is 5.33. The van der Waals surface area contributed by atoms with Crippen LogP contribution in [0.1, 0.15) is 35.8 Å². The van der Waals surface area contributed by atoms with E-state index in [0.29, 0.717) is 11.5 Å². The molecule has 1 aliphatic rings. The zero-order valence-corrected chi connectivity index (χ0v) is 12.2. The normalized spacial score (nSPS) is 18.4. The molecule has 20 heavy (non-hydrogen) atoms. The highest BCUT2D eigenvalue weighted by molar-refractivity contribution is 5.95. The number of nitrogens with one attached hydrogen (secondary N) is 1. The molecule has 0 spiro atoms. The van der Waals surface area contributed by atoms with Crippen molar-refractivity contribution in [2.24, 2.45) is 5.92 Å². The molecule has 0 aromatic carbocycles. The van der Waals surface area contributed by atoms with Crippen LogP contribution < -0.4 is 5.32 Å². The summed E-state index contributed by atoms with van der Waals surface area (Å²) in [7, 11) is 0. The van der Waals surface area contributed by atoms with E-state index >= 15 is 0 Å². The van der Waals surface area contributed by atoms with Gasteiger partial charge in [0.05, 0.1) is 0 Å². The highest BCUT2D eigenvalue weighted by Crippen LogP contribution is 2.22. The maximum atomic E-state index is 12.5. The number of carbonyl (C=O) groups is 1. The molecular formula is C15H23N3O2. The van der Waals surface area contributed by atoms with Gasteiger partial charge >= 0.3 is 0 Å². The lowest BCUT2D eigenvalue weighted by Crippen LogP contribution is -2.29. The first-order valence-corrected chi connectivity index (χ1v) is 7.26. The molecule has 2 rings (SSSR count). The van der Waals surface area contributed by atoms with Gasteiger partial charge in [-0.15, -0.1) is 0 Å². The van der Waals surface area contributed by atoms with Crippen molar-refractivity contribution < 1.29 is 9.90 Å². The molecule has 2 heterocycles. The quantitative estimate of drug-likeness (QED) is 0.859. The number of hydrogen-bond donors (Lipinski definition) is 2. The number of aromatic nitrogens is 1. The summed E-state index contributed by atoms with van der Waals surface area (Å²) in [4.78, 5) is 18.8. The molecule has 1 unspecified atom stereocenters. The molecule has 0 bridgehead atoms. The lowest BCUT2D eigenvalue weighted by atomic mass is 10.1. The second kappa shape index (κ2) is 6.70. The highest BCUT2D eigenvalue weighted by atomic mass is 16.3. The van der Waals surface area contributed by atoms with E-state index in [4.69, 9.17) is 5.11 Å². The van der Waals surface area contributed by atoms with Crippen LogP contribution in [-0.2, 0) is 0 Å². The monoisotopic (exact) mass is 277 g/mol. The van der Waals surface area contributed by atoms with Gasteiger partial charge in [0.2, 0.25) is 0 Å². The molecular weight excluding hydrogens is 254 g/mol. The fourth-order valence-corrected chi connectivity index (χ4v) is 2.68. The van der Waals surface area contributed by atoms with Crippen LogP contribution in [0.15, 0.2) is 12.1 Å². The van der Waals surface area contributed by atoms with Crippen molar-refractivity contribution in [3.63, 3.8) is 0 Å². The SMILES string of the molecule is CCNc1cc(C(=O)N2CCC(CCO)C2)cc(C)n1. The summed E-state index contributed by atoms with van der Waals surface area (Å²) >= 11 is 0. The number of likely N-dealkylation sites (tertiary alicyclic amines) is 1. The Morgan fingerprint density at radius 1 is 1.55 bits per heavy atom. The first-order valence-electron chi connectivity index (χ1n) is 7.26. The molecule has 1 aromatic rings. The summed E-state index contributed by atoms with van der Waals surface area (Å²) in [5, 5.41) is 12.1. The molecule has 1 fully saturated rings. The first-order chi connectivity index (χ1) is 9.63. The predicted molar refractivity (Wildman–Crippen MR) is 78.9 cm³/mol. The summed E-state index contributed by atoms with van der Waals surface area (Å²) in [5.74, 6) is 1.25. The van der Waals surface area contributed by atoms with E-state index in [-0.39, 0.29) is 12.5 Å². The Morgan fingerprint density at radius 2 is 2.35 bits per heavy atom. The van der Waals surface area contributed by atoms with Crippen LogP contribution in [0.2, 0.25) is 0 Å². The lowest BCUT2D eigenvalue weighted by Gasteiger charge is -2.17. The third kappa shape index (κ3) is 3.48. The Bertz CT molecular complexity index is 476. The zero-order valence-electron chi connectivity index (χ0n) is 12.2. The summed E-state index contributed by atoms with van der Waals surface area (Å²) < 4.78 is 0. The van der Waals surface area contributed by atoms with Gasteiger partial charge in [-0.1, -0.05) is 0 Å². The van der Waals surface area contributed by atoms with Crippen LogP contribution in [0, 0.1) is 12.8 Å². The van der Waals surface area contributed by atoms with Crippen molar-refractivity contribution >= 4 is 11.7 Å². The molecule has 2 N–H and O–H groups in total. The van der Waals surface area contributed by atoms with Crippen molar-refractivity contribution in [2.45, 2.75) is 26.7 Å². The van der Waals surface area contributed by atoms with Gasteiger partial charge in [-0.25, -0.2) is 4.98 Å². The molecule has 1 saturated heterocycles. The standard InChI is InChI=1S/C15H23N3O2/c1-3-16-14-9-13(8-11(2)17-14)15(20)18-6-4-12(10-18)5-7-19/h8-9,12,19H,3-7,10H2,1-2H3,(H,16,17). The predicted octanol–water partition coefficient (Wildman–Crippen LogP) is 1.67. The fraction of sp³-hybridized carbons (Fsp3) is 0.600. The number of anilines is 1. The Kier molecular flexibility index (Phi) is 4.95. The van der Waals surface area contributed by atoms with E-state index in [1.807, 2.05) is 30.9 Å². The molecule has 5 heteroatoms. The zero-order chi connectivity index (χ0) is 14.5. The fourth-order valence-electron chi connectivity index (χ4n) is 2.68. The summed E-state index contributed by atoms with van der Waals surface area (Å²) in [5.41, 5.74) is 1.54. The molecule has 1 amide bonds. The number of pyridine rings is 1. The van der Waals surface area contributed by atoms with Crippen LogP contribution in [-0.4, -0.2) is 47.1 Å². The number of amides is 1. The van der Waals surface area contributed by atoms with Crippen LogP contribution >= 0.6 is 0 Å². The molecule has 110 valence electrons. The highest BCUT2D eigenvalue weighted by Gasteiger charge is 2.26. The minimum Gasteiger partial charge on any atom is -0.396 e. The second-order valence-corrected chi connectivity index (χ2v) is 5.33. The summed E-state index contributed by atoms with van der Waals surface area (Å²) in [6.45, 7) is 6.42. The summed E-state index contributed by atoms with van der Waals surface area (Å²) in [6.07, 6.45) is 1.76. The number of aryl methyl sites for hydroxylation is 1. The molecule has 1 aromatic heterocycles. The smallest absolute Gasteiger partial charge is 0.254 e. The topological polar surface area (TPSA) is 65.5 Å². The first kappa shape index (κ1) is 14.8. The Morgan fingerprint density at radius 3 is 3.05 bits per heavy atom. The van der Waals surface area contributed by atoms with Crippen LogP contribution in [0.3, 0.4) is 0 Å². The van der Waals surface area contributed by atoms with Gasteiger partial charge in [-0.05, 0) is 44.7 Å². The summed E-state index contributed by atoms with van der Waals surface area (Å²) in [6, 6.07) is 3.65. The van der Waals surface area contributed by atoms with Gasteiger partial charge < -0.3 is 15.3 Å². The van der Waals surface area contributed by atoms with Gasteiger partial charge in [0, 0.05) is 37.5 Å². The van der Waals surface area contributed by atoms with E-state index < -0.39 is 0 Å². The van der Waals surface area contributed by atoms with Crippen LogP contribution in [0.5, 0.6) is 0 Å². The Balaban J connectivity index is 2.09. The van der Waals surface area contributed by atoms with E-state index in [0.717, 1.165) is 44.0 Å². The maximum absolute atomic E-state index is 12.5. The number of rotatable bonds is 5. The number of aliphatic hydroxyl groups is 1. The lowest BCUT2D eigenvalue weighted by molar-refractivity contribution is 0.0784. The minimum atomic E-state index is 0.0649. The number of aliphatic hydroxyl groups excluding tert-OH is 1. The van der Waals surface area contributed by atoms with Crippen LogP contribution in [0.25, 0.3) is 0 Å². The van der Waals surface area contributed by atoms with Gasteiger partial charge in [0.25, 0.3) is 5.91 Å². The van der Waals surface area contributed by atoms with Crippen molar-refractivity contribution in [3.05, 3.63) is 23.4 Å². The third-order valence-corrected chi connectivity index (χ3v) is 3.67. The number of nitrogens with zero attached hydrogens (tertiary/aromatic N) is 2. The van der Waals surface area contributed by atoms with Crippen molar-refractivity contribution in [1.29, 1.82) is 0 Å². The molecule has 1 aliphatic heterocycles. The van der Waals surface area contributed by atoms with Crippen molar-refractivity contribution in [2.75, 3.05) is 31.6 Å². The van der Waals surface area contributed by atoms with Gasteiger partial charge in [-0.3, -0.25) is 4.79 Å². The number of carbonyl (C=O) groups excluding carboxylic acids is 1. The third-order valence-electron chi connectivity index (χ3n) is 3.67. The van der Waals surface area contributed by atoms with E-state index in [1.165, 1.54) is 0 Å². The van der Waals surface area contributed by atoms with Gasteiger partial charge in [0.15, 0.2) is 0 Å². The maximum Gasteiger partial charge on any atom is 0.254 e. The Labute approximate surface area is 120 Å². The Hall–Kier alpha value is -1.62.